The molecule has 0 aromatic heterocycles. The number of ether oxygens (including phenoxy) is 2. The lowest BCUT2D eigenvalue weighted by molar-refractivity contribution is 0.222. The average molecular weight is 400 g/mol. The number of hydrogen-bond acceptors (Lipinski definition) is 5. The maximum Gasteiger partial charge on any atom is 0.175 e. The van der Waals surface area contributed by atoms with Crippen molar-refractivity contribution in [3.8, 4) is 11.5 Å². The van der Waals surface area contributed by atoms with Crippen molar-refractivity contribution in [3.05, 3.63) is 22.2 Å². The zero-order valence-electron chi connectivity index (χ0n) is 15.0. The molecule has 1 aliphatic heterocycles. The zero-order valence-corrected chi connectivity index (χ0v) is 16.6. The SMILES string of the molecule is CCOc1cc(CNCCN2CCNCC2)cc(Br)c1OC(C)C. The summed E-state index contributed by atoms with van der Waals surface area (Å²) in [5.74, 6) is 1.59. The summed E-state index contributed by atoms with van der Waals surface area (Å²) in [5.41, 5.74) is 1.20. The third-order valence-electron chi connectivity index (χ3n) is 3.87. The molecule has 0 spiro atoms. The van der Waals surface area contributed by atoms with Gasteiger partial charge in [0.25, 0.3) is 0 Å². The minimum Gasteiger partial charge on any atom is -0.490 e. The Morgan fingerprint density at radius 1 is 1.29 bits per heavy atom. The van der Waals surface area contributed by atoms with Gasteiger partial charge in [-0.25, -0.2) is 0 Å². The first-order chi connectivity index (χ1) is 11.6. The van der Waals surface area contributed by atoms with Crippen LogP contribution in [0, 0.1) is 0 Å². The molecule has 1 aromatic rings. The Bertz CT molecular complexity index is 505. The van der Waals surface area contributed by atoms with Crippen LogP contribution in [0.1, 0.15) is 26.3 Å². The maximum absolute atomic E-state index is 5.88. The second-order valence-electron chi connectivity index (χ2n) is 6.27. The molecule has 24 heavy (non-hydrogen) atoms. The van der Waals surface area contributed by atoms with Gasteiger partial charge in [0.2, 0.25) is 0 Å². The number of nitrogens with one attached hydrogen (secondary N) is 2. The summed E-state index contributed by atoms with van der Waals surface area (Å²) in [6.45, 7) is 14.1. The van der Waals surface area contributed by atoms with Crippen LogP contribution in [0.2, 0.25) is 0 Å². The molecule has 0 atom stereocenters. The van der Waals surface area contributed by atoms with E-state index >= 15 is 0 Å². The van der Waals surface area contributed by atoms with Crippen molar-refractivity contribution >= 4 is 15.9 Å². The molecule has 5 nitrogen and oxygen atoms in total. The summed E-state index contributed by atoms with van der Waals surface area (Å²) in [5, 5.41) is 6.91. The topological polar surface area (TPSA) is 45.8 Å². The molecule has 0 saturated carbocycles. The second-order valence-corrected chi connectivity index (χ2v) is 7.13. The van der Waals surface area contributed by atoms with Gasteiger partial charge < -0.3 is 20.1 Å². The number of hydrogen-bond donors (Lipinski definition) is 2. The quantitative estimate of drug-likeness (QED) is 0.624. The summed E-state index contributed by atoms with van der Waals surface area (Å²) in [4.78, 5) is 2.49. The lowest BCUT2D eigenvalue weighted by Crippen LogP contribution is -2.45. The van der Waals surface area contributed by atoms with E-state index in [2.05, 4.69) is 43.6 Å². The van der Waals surface area contributed by atoms with E-state index in [1.54, 1.807) is 0 Å². The summed E-state index contributed by atoms with van der Waals surface area (Å²) in [6, 6.07) is 4.18. The van der Waals surface area contributed by atoms with Gasteiger partial charge >= 0.3 is 0 Å². The van der Waals surface area contributed by atoms with Gasteiger partial charge in [0, 0.05) is 45.8 Å². The molecule has 1 saturated heterocycles. The van der Waals surface area contributed by atoms with Crippen LogP contribution in [0.4, 0.5) is 0 Å². The Labute approximate surface area is 154 Å². The van der Waals surface area contributed by atoms with Crippen LogP contribution in [-0.4, -0.2) is 56.9 Å². The van der Waals surface area contributed by atoms with Crippen LogP contribution < -0.4 is 20.1 Å². The minimum atomic E-state index is 0.114. The van der Waals surface area contributed by atoms with Crippen molar-refractivity contribution in [3.63, 3.8) is 0 Å². The van der Waals surface area contributed by atoms with E-state index in [1.165, 1.54) is 5.56 Å². The molecule has 1 heterocycles. The van der Waals surface area contributed by atoms with Crippen molar-refractivity contribution in [2.75, 3.05) is 45.9 Å². The van der Waals surface area contributed by atoms with Crippen molar-refractivity contribution < 1.29 is 9.47 Å². The Morgan fingerprint density at radius 3 is 2.71 bits per heavy atom. The fourth-order valence-corrected chi connectivity index (χ4v) is 3.32. The van der Waals surface area contributed by atoms with Gasteiger partial charge in [0.15, 0.2) is 11.5 Å². The molecule has 6 heteroatoms. The van der Waals surface area contributed by atoms with E-state index in [1.807, 2.05) is 20.8 Å². The van der Waals surface area contributed by atoms with Gasteiger partial charge in [-0.2, -0.15) is 0 Å². The first kappa shape index (κ1) is 19.5. The molecule has 1 fully saturated rings. The number of benzene rings is 1. The number of nitrogens with zero attached hydrogens (tertiary/aromatic N) is 1. The highest BCUT2D eigenvalue weighted by Gasteiger charge is 2.14. The average Bonchev–Trinajstić information content (AvgIpc) is 2.56. The van der Waals surface area contributed by atoms with Crippen molar-refractivity contribution in [1.29, 1.82) is 0 Å². The molecular formula is C18H30BrN3O2. The normalized spacial score (nSPS) is 15.7. The van der Waals surface area contributed by atoms with Crippen LogP contribution in [0.15, 0.2) is 16.6 Å². The molecule has 1 aromatic carbocycles. The van der Waals surface area contributed by atoms with Crippen LogP contribution in [0.3, 0.4) is 0 Å². The van der Waals surface area contributed by atoms with Crippen LogP contribution >= 0.6 is 15.9 Å². The molecule has 136 valence electrons. The van der Waals surface area contributed by atoms with Crippen LogP contribution in [0.25, 0.3) is 0 Å². The number of halogens is 1. The lowest BCUT2D eigenvalue weighted by Gasteiger charge is -2.27. The van der Waals surface area contributed by atoms with E-state index in [4.69, 9.17) is 9.47 Å². The standard InChI is InChI=1S/C18H30BrN3O2/c1-4-23-17-12-15(11-16(19)18(17)24-14(2)3)13-21-7-10-22-8-5-20-6-9-22/h11-12,14,20-21H,4-10,13H2,1-3H3. The van der Waals surface area contributed by atoms with Gasteiger partial charge in [0.1, 0.15) is 0 Å². The Balaban J connectivity index is 1.89. The zero-order chi connectivity index (χ0) is 17.4. The number of rotatable bonds is 9. The Morgan fingerprint density at radius 2 is 2.04 bits per heavy atom. The molecule has 2 rings (SSSR count). The minimum absolute atomic E-state index is 0.114. The van der Waals surface area contributed by atoms with E-state index in [9.17, 15) is 0 Å². The molecular weight excluding hydrogens is 370 g/mol. The monoisotopic (exact) mass is 399 g/mol. The third kappa shape index (κ3) is 6.24. The highest BCUT2D eigenvalue weighted by molar-refractivity contribution is 9.10. The van der Waals surface area contributed by atoms with Gasteiger partial charge in [-0.15, -0.1) is 0 Å². The molecule has 0 aliphatic carbocycles. The highest BCUT2D eigenvalue weighted by Crippen LogP contribution is 2.37. The number of piperazine rings is 1. The smallest absolute Gasteiger partial charge is 0.175 e. The van der Waals surface area contributed by atoms with E-state index in [-0.39, 0.29) is 6.10 Å². The van der Waals surface area contributed by atoms with E-state index in [0.29, 0.717) is 6.61 Å². The largest absolute Gasteiger partial charge is 0.490 e. The van der Waals surface area contributed by atoms with Crippen molar-refractivity contribution in [1.82, 2.24) is 15.5 Å². The van der Waals surface area contributed by atoms with Crippen LogP contribution in [0.5, 0.6) is 11.5 Å². The van der Waals surface area contributed by atoms with E-state index in [0.717, 1.165) is 61.8 Å². The van der Waals surface area contributed by atoms with Crippen molar-refractivity contribution in [2.24, 2.45) is 0 Å². The van der Waals surface area contributed by atoms with Gasteiger partial charge in [0.05, 0.1) is 17.2 Å². The third-order valence-corrected chi connectivity index (χ3v) is 4.46. The summed E-state index contributed by atoms with van der Waals surface area (Å²) >= 11 is 3.62. The Kier molecular flexibility index (Phi) is 8.32. The molecule has 0 radical (unpaired) electrons. The van der Waals surface area contributed by atoms with Gasteiger partial charge in [-0.3, -0.25) is 4.90 Å². The predicted molar refractivity (Wildman–Crippen MR) is 102 cm³/mol. The summed E-state index contributed by atoms with van der Waals surface area (Å²) in [7, 11) is 0. The fraction of sp³-hybridized carbons (Fsp3) is 0.667. The summed E-state index contributed by atoms with van der Waals surface area (Å²) < 4.78 is 12.6. The second kappa shape index (κ2) is 10.2. The Hall–Kier alpha value is -0.820. The molecule has 0 unspecified atom stereocenters. The predicted octanol–water partition coefficient (Wildman–Crippen LogP) is 2.63. The van der Waals surface area contributed by atoms with Crippen LogP contribution in [-0.2, 0) is 6.54 Å². The fourth-order valence-electron chi connectivity index (χ4n) is 2.74. The molecule has 2 N–H and O–H groups in total. The highest BCUT2D eigenvalue weighted by atomic mass is 79.9. The van der Waals surface area contributed by atoms with Gasteiger partial charge in [-0.1, -0.05) is 0 Å². The molecule has 0 amide bonds. The van der Waals surface area contributed by atoms with Crippen molar-refractivity contribution in [2.45, 2.75) is 33.4 Å². The molecule has 1 aliphatic rings. The lowest BCUT2D eigenvalue weighted by atomic mass is 10.2. The first-order valence-corrected chi connectivity index (χ1v) is 9.65. The molecule has 0 bridgehead atoms. The first-order valence-electron chi connectivity index (χ1n) is 8.85. The van der Waals surface area contributed by atoms with E-state index < -0.39 is 0 Å². The van der Waals surface area contributed by atoms with Gasteiger partial charge in [-0.05, 0) is 54.4 Å². The summed E-state index contributed by atoms with van der Waals surface area (Å²) in [6.07, 6.45) is 0.114. The maximum atomic E-state index is 5.88.